The summed E-state index contributed by atoms with van der Waals surface area (Å²) in [4.78, 5) is 25.8. The Morgan fingerprint density at radius 2 is 1.48 bits per heavy atom. The van der Waals surface area contributed by atoms with E-state index in [0.29, 0.717) is 28.6 Å². The van der Waals surface area contributed by atoms with Crippen LogP contribution in [0, 0.1) is 0 Å². The van der Waals surface area contributed by atoms with Crippen LogP contribution in [0.5, 0.6) is 17.2 Å². The largest absolute Gasteiger partial charge is 0.493 e. The fraction of sp³-hybridized carbons (Fsp3) is 0.222. The molecule has 0 aliphatic rings. The van der Waals surface area contributed by atoms with Crippen LogP contribution in [0.3, 0.4) is 0 Å². The number of carbonyl (C=O) groups excluding carboxylic acids is 2. The van der Waals surface area contributed by atoms with Gasteiger partial charge in [-0.05, 0) is 12.1 Å². The summed E-state index contributed by atoms with van der Waals surface area (Å²) in [6.45, 7) is 0. The summed E-state index contributed by atoms with van der Waals surface area (Å²) in [7, 11) is 5.96. The van der Waals surface area contributed by atoms with Gasteiger partial charge in [0.1, 0.15) is 0 Å². The van der Waals surface area contributed by atoms with Crippen molar-refractivity contribution in [1.29, 1.82) is 0 Å². The summed E-state index contributed by atoms with van der Waals surface area (Å²) < 4.78 is 15.7. The second kappa shape index (κ2) is 8.05. The zero-order valence-electron chi connectivity index (χ0n) is 14.5. The molecule has 2 amide bonds. The normalized spacial score (nSPS) is 9.92. The van der Waals surface area contributed by atoms with E-state index in [9.17, 15) is 9.59 Å². The van der Waals surface area contributed by atoms with Gasteiger partial charge in [-0.1, -0.05) is 18.2 Å². The summed E-state index contributed by atoms with van der Waals surface area (Å²) in [6, 6.07) is 12.0. The van der Waals surface area contributed by atoms with Gasteiger partial charge in [-0.25, -0.2) is 0 Å². The van der Waals surface area contributed by atoms with Crippen molar-refractivity contribution in [3.8, 4) is 17.2 Å². The quantitative estimate of drug-likeness (QED) is 0.842. The van der Waals surface area contributed by atoms with Crippen LogP contribution in [0.15, 0.2) is 42.5 Å². The average Bonchev–Trinajstić information content (AvgIpc) is 2.66. The van der Waals surface area contributed by atoms with Gasteiger partial charge in [0, 0.05) is 30.6 Å². The van der Waals surface area contributed by atoms with Crippen LogP contribution < -0.4 is 24.4 Å². The smallest absolute Gasteiger partial charge is 0.316 e. The molecule has 1 N–H and O–H groups in total. The Morgan fingerprint density at radius 3 is 1.96 bits per heavy atom. The van der Waals surface area contributed by atoms with Gasteiger partial charge in [0.25, 0.3) is 0 Å². The van der Waals surface area contributed by atoms with E-state index in [1.807, 2.05) is 6.07 Å². The number of methoxy groups -OCH3 is 3. The highest BCUT2D eigenvalue weighted by Gasteiger charge is 2.21. The Kier molecular flexibility index (Phi) is 5.84. The number of anilines is 2. The highest BCUT2D eigenvalue weighted by atomic mass is 16.5. The number of hydrogen-bond acceptors (Lipinski definition) is 5. The fourth-order valence-electron chi connectivity index (χ4n) is 2.26. The average molecular weight is 344 g/mol. The lowest BCUT2D eigenvalue weighted by Gasteiger charge is -2.18. The molecular formula is C18H20N2O5. The highest BCUT2D eigenvalue weighted by molar-refractivity contribution is 6.44. The van der Waals surface area contributed by atoms with Gasteiger partial charge in [-0.3, -0.25) is 9.59 Å². The lowest BCUT2D eigenvalue weighted by atomic mass is 10.2. The molecule has 0 heterocycles. The van der Waals surface area contributed by atoms with Gasteiger partial charge in [0.15, 0.2) is 11.5 Å². The summed E-state index contributed by atoms with van der Waals surface area (Å²) in [6.07, 6.45) is 0. The number of para-hydroxylation sites is 1. The molecule has 2 rings (SSSR count). The number of nitrogens with one attached hydrogen (secondary N) is 1. The zero-order valence-corrected chi connectivity index (χ0v) is 14.5. The second-order valence-electron chi connectivity index (χ2n) is 5.07. The molecular weight excluding hydrogens is 324 g/mol. The SMILES string of the molecule is COc1cc(NC(=O)C(=O)N(C)c2ccccc2)cc(OC)c1OC. The second-order valence-corrected chi connectivity index (χ2v) is 5.07. The molecule has 0 aliphatic carbocycles. The third-order valence-corrected chi connectivity index (χ3v) is 3.56. The molecule has 2 aromatic carbocycles. The van der Waals surface area contributed by atoms with Crippen LogP contribution in [0.2, 0.25) is 0 Å². The van der Waals surface area contributed by atoms with Crippen LogP contribution in [0.4, 0.5) is 11.4 Å². The molecule has 0 bridgehead atoms. The third-order valence-electron chi connectivity index (χ3n) is 3.56. The molecule has 25 heavy (non-hydrogen) atoms. The van der Waals surface area contributed by atoms with E-state index in [-0.39, 0.29) is 0 Å². The number of carbonyl (C=O) groups is 2. The maximum absolute atomic E-state index is 12.3. The molecule has 132 valence electrons. The van der Waals surface area contributed by atoms with Crippen LogP contribution in [0.1, 0.15) is 0 Å². The van der Waals surface area contributed by atoms with Crippen LogP contribution in [0.25, 0.3) is 0 Å². The van der Waals surface area contributed by atoms with E-state index in [1.54, 1.807) is 36.4 Å². The number of benzene rings is 2. The molecule has 0 spiro atoms. The number of likely N-dealkylation sites (N-methyl/N-ethyl adjacent to an activating group) is 1. The number of amides is 2. The number of hydrogen-bond donors (Lipinski definition) is 1. The molecule has 0 radical (unpaired) electrons. The minimum Gasteiger partial charge on any atom is -0.493 e. The molecule has 0 atom stereocenters. The fourth-order valence-corrected chi connectivity index (χ4v) is 2.26. The van der Waals surface area contributed by atoms with Gasteiger partial charge >= 0.3 is 11.8 Å². The molecule has 0 aliphatic heterocycles. The Morgan fingerprint density at radius 1 is 0.920 bits per heavy atom. The molecule has 0 saturated carbocycles. The topological polar surface area (TPSA) is 77.1 Å². The van der Waals surface area contributed by atoms with Crippen molar-refractivity contribution in [2.75, 3.05) is 38.6 Å². The van der Waals surface area contributed by atoms with E-state index in [2.05, 4.69) is 5.32 Å². The van der Waals surface area contributed by atoms with Crippen molar-refractivity contribution in [3.05, 3.63) is 42.5 Å². The van der Waals surface area contributed by atoms with Gasteiger partial charge in [-0.2, -0.15) is 0 Å². The summed E-state index contributed by atoms with van der Waals surface area (Å²) in [5.74, 6) is -0.321. The third kappa shape index (κ3) is 4.00. The number of ether oxygens (including phenoxy) is 3. The molecule has 0 unspecified atom stereocenters. The molecule has 7 heteroatoms. The Bertz CT molecular complexity index is 736. The number of nitrogens with zero attached hydrogens (tertiary/aromatic N) is 1. The molecule has 0 fully saturated rings. The van der Waals surface area contributed by atoms with Crippen LogP contribution >= 0.6 is 0 Å². The van der Waals surface area contributed by atoms with Crippen molar-refractivity contribution in [1.82, 2.24) is 0 Å². The van der Waals surface area contributed by atoms with Crippen molar-refractivity contribution >= 4 is 23.2 Å². The first-order valence-corrected chi connectivity index (χ1v) is 7.46. The van der Waals surface area contributed by atoms with E-state index >= 15 is 0 Å². The van der Waals surface area contributed by atoms with Gasteiger partial charge in [0.05, 0.1) is 21.3 Å². The Balaban J connectivity index is 2.21. The predicted molar refractivity (Wildman–Crippen MR) is 94.6 cm³/mol. The minimum absolute atomic E-state index is 0.356. The minimum atomic E-state index is -0.777. The van der Waals surface area contributed by atoms with Crippen molar-refractivity contribution < 1.29 is 23.8 Å². The Hall–Kier alpha value is -3.22. The molecule has 0 saturated heterocycles. The van der Waals surface area contributed by atoms with Gasteiger partial charge in [0.2, 0.25) is 5.75 Å². The van der Waals surface area contributed by atoms with Crippen molar-refractivity contribution in [2.24, 2.45) is 0 Å². The van der Waals surface area contributed by atoms with Crippen molar-refractivity contribution in [2.45, 2.75) is 0 Å². The standard InChI is InChI=1S/C18H20N2O5/c1-20(13-8-6-5-7-9-13)18(22)17(21)19-12-10-14(23-2)16(25-4)15(11-12)24-3/h5-11H,1-4H3,(H,19,21). The van der Waals surface area contributed by atoms with Crippen LogP contribution in [-0.4, -0.2) is 40.2 Å². The first-order valence-electron chi connectivity index (χ1n) is 7.46. The lowest BCUT2D eigenvalue weighted by molar-refractivity contribution is -0.134. The summed E-state index contributed by atoms with van der Waals surface area (Å²) in [5.41, 5.74) is 0.974. The monoisotopic (exact) mass is 344 g/mol. The van der Waals surface area contributed by atoms with E-state index in [0.717, 1.165) is 0 Å². The zero-order chi connectivity index (χ0) is 18.4. The summed E-state index contributed by atoms with van der Waals surface area (Å²) in [5, 5.41) is 2.55. The maximum Gasteiger partial charge on any atom is 0.316 e. The first-order chi connectivity index (χ1) is 12.0. The van der Waals surface area contributed by atoms with E-state index < -0.39 is 11.8 Å². The van der Waals surface area contributed by atoms with E-state index in [1.165, 1.54) is 33.3 Å². The molecule has 7 nitrogen and oxygen atoms in total. The van der Waals surface area contributed by atoms with E-state index in [4.69, 9.17) is 14.2 Å². The molecule has 0 aromatic heterocycles. The van der Waals surface area contributed by atoms with Gasteiger partial charge < -0.3 is 24.4 Å². The maximum atomic E-state index is 12.3. The first kappa shape index (κ1) is 18.1. The van der Waals surface area contributed by atoms with Crippen molar-refractivity contribution in [3.63, 3.8) is 0 Å². The molecule has 2 aromatic rings. The predicted octanol–water partition coefficient (Wildman–Crippen LogP) is 2.31. The summed E-state index contributed by atoms with van der Waals surface area (Å²) >= 11 is 0. The Labute approximate surface area is 146 Å². The number of rotatable bonds is 5. The van der Waals surface area contributed by atoms with Gasteiger partial charge in [-0.15, -0.1) is 0 Å². The lowest BCUT2D eigenvalue weighted by Crippen LogP contribution is -2.37. The highest BCUT2D eigenvalue weighted by Crippen LogP contribution is 2.39. The van der Waals surface area contributed by atoms with Crippen LogP contribution in [-0.2, 0) is 9.59 Å².